The van der Waals surface area contributed by atoms with Crippen molar-refractivity contribution in [2.24, 2.45) is 0 Å². The zero-order valence-electron chi connectivity index (χ0n) is 17.0. The van der Waals surface area contributed by atoms with E-state index in [0.717, 1.165) is 26.5 Å². The van der Waals surface area contributed by atoms with Gasteiger partial charge in [-0.1, -0.05) is 35.6 Å². The summed E-state index contributed by atoms with van der Waals surface area (Å²) >= 11 is 1.62. The summed E-state index contributed by atoms with van der Waals surface area (Å²) in [5.41, 5.74) is 0.835. The van der Waals surface area contributed by atoms with Gasteiger partial charge in [0.15, 0.2) is 5.13 Å². The van der Waals surface area contributed by atoms with Crippen molar-refractivity contribution in [3.8, 4) is 5.75 Å². The van der Waals surface area contributed by atoms with Crippen LogP contribution in [0.15, 0.2) is 57.7 Å². The van der Waals surface area contributed by atoms with Crippen LogP contribution in [0.5, 0.6) is 5.75 Å². The van der Waals surface area contributed by atoms with E-state index in [0.29, 0.717) is 38.4 Å². The minimum Gasteiger partial charge on any atom is -0.492 e. The van der Waals surface area contributed by atoms with Crippen molar-refractivity contribution in [2.75, 3.05) is 37.7 Å². The van der Waals surface area contributed by atoms with Gasteiger partial charge < -0.3 is 19.0 Å². The van der Waals surface area contributed by atoms with E-state index in [1.54, 1.807) is 34.4 Å². The second kappa shape index (κ2) is 8.03. The molecule has 1 aliphatic heterocycles. The highest BCUT2D eigenvalue weighted by Crippen LogP contribution is 2.34. The number of carbonyl (C=O) groups is 1. The summed E-state index contributed by atoms with van der Waals surface area (Å²) in [7, 11) is 0. The third-order valence-corrected chi connectivity index (χ3v) is 6.46. The molecule has 1 amide bonds. The maximum absolute atomic E-state index is 13.0. The molecule has 5 rings (SSSR count). The lowest BCUT2D eigenvalue weighted by atomic mass is 10.1. The molecule has 2 aromatic carbocycles. The molecule has 0 atom stereocenters. The van der Waals surface area contributed by atoms with Crippen molar-refractivity contribution in [3.05, 3.63) is 64.5 Å². The number of aromatic nitrogens is 1. The van der Waals surface area contributed by atoms with Gasteiger partial charge in [-0.3, -0.25) is 4.79 Å². The second-order valence-electron chi connectivity index (χ2n) is 7.30. The average molecular weight is 436 g/mol. The Labute approximate surface area is 182 Å². The SMILES string of the molecule is CCOc1cccc2sc(N3CCN(C(=O)c4cc5ccccc5oc4=O)CC3)nc12. The highest BCUT2D eigenvalue weighted by Gasteiger charge is 2.26. The van der Waals surface area contributed by atoms with Gasteiger partial charge >= 0.3 is 5.63 Å². The van der Waals surface area contributed by atoms with Gasteiger partial charge in [-0.2, -0.15) is 0 Å². The van der Waals surface area contributed by atoms with E-state index in [-0.39, 0.29) is 11.5 Å². The molecule has 0 N–H and O–H groups in total. The molecule has 4 aromatic rings. The first-order chi connectivity index (χ1) is 15.1. The van der Waals surface area contributed by atoms with Crippen molar-refractivity contribution >= 4 is 43.6 Å². The van der Waals surface area contributed by atoms with Crippen LogP contribution in [-0.4, -0.2) is 48.6 Å². The number of anilines is 1. The van der Waals surface area contributed by atoms with Crippen LogP contribution < -0.4 is 15.3 Å². The van der Waals surface area contributed by atoms with E-state index in [1.807, 2.05) is 37.3 Å². The van der Waals surface area contributed by atoms with Crippen LogP contribution in [0, 0.1) is 0 Å². The van der Waals surface area contributed by atoms with Crippen LogP contribution in [0.3, 0.4) is 0 Å². The summed E-state index contributed by atoms with van der Waals surface area (Å²) in [5, 5.41) is 1.66. The van der Waals surface area contributed by atoms with Gasteiger partial charge in [0, 0.05) is 31.6 Å². The molecule has 7 nitrogen and oxygen atoms in total. The number of ether oxygens (including phenoxy) is 1. The fourth-order valence-electron chi connectivity index (χ4n) is 3.80. The molecular weight excluding hydrogens is 414 g/mol. The number of amides is 1. The molecule has 8 heteroatoms. The van der Waals surface area contributed by atoms with Crippen LogP contribution in [0.1, 0.15) is 17.3 Å². The molecule has 1 aliphatic rings. The molecule has 0 radical (unpaired) electrons. The van der Waals surface area contributed by atoms with Crippen molar-refractivity contribution in [1.29, 1.82) is 0 Å². The van der Waals surface area contributed by atoms with Crippen molar-refractivity contribution in [1.82, 2.24) is 9.88 Å². The summed E-state index contributed by atoms with van der Waals surface area (Å²) in [6.07, 6.45) is 0. The lowest BCUT2D eigenvalue weighted by molar-refractivity contribution is 0.0742. The molecule has 3 heterocycles. The zero-order valence-corrected chi connectivity index (χ0v) is 17.9. The summed E-state index contributed by atoms with van der Waals surface area (Å²) in [6, 6.07) is 14.8. The van der Waals surface area contributed by atoms with Crippen LogP contribution in [0.25, 0.3) is 21.2 Å². The topological polar surface area (TPSA) is 75.9 Å². The first kappa shape index (κ1) is 19.6. The molecule has 2 aromatic heterocycles. The van der Waals surface area contributed by atoms with E-state index < -0.39 is 5.63 Å². The Hall–Kier alpha value is -3.39. The third-order valence-electron chi connectivity index (χ3n) is 5.38. The number of para-hydroxylation sites is 2. The highest BCUT2D eigenvalue weighted by atomic mass is 32.1. The summed E-state index contributed by atoms with van der Waals surface area (Å²) < 4.78 is 12.1. The molecule has 0 bridgehead atoms. The molecule has 0 unspecified atom stereocenters. The Bertz CT molecular complexity index is 1320. The third kappa shape index (κ3) is 3.63. The molecule has 0 aliphatic carbocycles. The molecule has 31 heavy (non-hydrogen) atoms. The van der Waals surface area contributed by atoms with Gasteiger partial charge in [0.05, 0.1) is 11.3 Å². The van der Waals surface area contributed by atoms with Crippen LogP contribution in [0.2, 0.25) is 0 Å². The summed E-state index contributed by atoms with van der Waals surface area (Å²) in [5.74, 6) is 0.501. The van der Waals surface area contributed by atoms with E-state index in [1.165, 1.54) is 0 Å². The first-order valence-electron chi connectivity index (χ1n) is 10.2. The maximum Gasteiger partial charge on any atom is 0.349 e. The average Bonchev–Trinajstić information content (AvgIpc) is 3.24. The predicted octanol–water partition coefficient (Wildman–Crippen LogP) is 3.76. The van der Waals surface area contributed by atoms with Crippen molar-refractivity contribution in [2.45, 2.75) is 6.92 Å². The standard InChI is InChI=1S/C23H21N3O4S/c1-2-29-18-8-5-9-19-20(18)24-23(31-19)26-12-10-25(11-13-26)21(27)16-14-15-6-3-4-7-17(15)30-22(16)28/h3-9,14H,2,10-13H2,1H3. The van der Waals surface area contributed by atoms with Crippen LogP contribution in [0.4, 0.5) is 5.13 Å². The number of rotatable bonds is 4. The number of nitrogens with zero attached hydrogens (tertiary/aromatic N) is 3. The number of benzene rings is 2. The Morgan fingerprint density at radius 2 is 1.94 bits per heavy atom. The smallest absolute Gasteiger partial charge is 0.349 e. The predicted molar refractivity (Wildman–Crippen MR) is 121 cm³/mol. The quantitative estimate of drug-likeness (QED) is 0.454. The number of fused-ring (bicyclic) bond motifs is 2. The normalized spacial score (nSPS) is 14.4. The minimum absolute atomic E-state index is 0.0773. The van der Waals surface area contributed by atoms with E-state index in [2.05, 4.69) is 4.90 Å². The zero-order chi connectivity index (χ0) is 21.4. The lowest BCUT2D eigenvalue weighted by Crippen LogP contribution is -2.49. The van der Waals surface area contributed by atoms with Gasteiger partial charge in [0.1, 0.15) is 22.4 Å². The highest BCUT2D eigenvalue weighted by molar-refractivity contribution is 7.22. The Morgan fingerprint density at radius 3 is 2.74 bits per heavy atom. The number of thiazole rings is 1. The monoisotopic (exact) mass is 435 g/mol. The Morgan fingerprint density at radius 1 is 1.13 bits per heavy atom. The molecule has 158 valence electrons. The number of piperazine rings is 1. The number of carbonyl (C=O) groups excluding carboxylic acids is 1. The lowest BCUT2D eigenvalue weighted by Gasteiger charge is -2.34. The van der Waals surface area contributed by atoms with E-state index in [4.69, 9.17) is 14.1 Å². The fourth-order valence-corrected chi connectivity index (χ4v) is 4.84. The van der Waals surface area contributed by atoms with Gasteiger partial charge in [0.2, 0.25) is 0 Å². The van der Waals surface area contributed by atoms with Crippen molar-refractivity contribution < 1.29 is 13.9 Å². The summed E-state index contributed by atoms with van der Waals surface area (Å²) in [6.45, 7) is 4.87. The van der Waals surface area contributed by atoms with Crippen LogP contribution in [-0.2, 0) is 0 Å². The fraction of sp³-hybridized carbons (Fsp3) is 0.261. The van der Waals surface area contributed by atoms with E-state index in [9.17, 15) is 9.59 Å². The van der Waals surface area contributed by atoms with Gasteiger partial charge in [-0.25, -0.2) is 9.78 Å². The van der Waals surface area contributed by atoms with Crippen LogP contribution >= 0.6 is 11.3 Å². The summed E-state index contributed by atoms with van der Waals surface area (Å²) in [4.78, 5) is 34.0. The largest absolute Gasteiger partial charge is 0.492 e. The first-order valence-corrected chi connectivity index (χ1v) is 11.0. The molecule has 1 fully saturated rings. The van der Waals surface area contributed by atoms with E-state index >= 15 is 0 Å². The molecule has 0 saturated carbocycles. The molecular formula is C23H21N3O4S. The van der Waals surface area contributed by atoms with Gasteiger partial charge in [-0.15, -0.1) is 0 Å². The van der Waals surface area contributed by atoms with Gasteiger partial charge in [-0.05, 0) is 31.2 Å². The van der Waals surface area contributed by atoms with Gasteiger partial charge in [0.25, 0.3) is 5.91 Å². The number of hydrogen-bond donors (Lipinski definition) is 0. The second-order valence-corrected chi connectivity index (χ2v) is 8.31. The van der Waals surface area contributed by atoms with Crippen molar-refractivity contribution in [3.63, 3.8) is 0 Å². The maximum atomic E-state index is 13.0. The Balaban J connectivity index is 1.33. The molecule has 0 spiro atoms. The minimum atomic E-state index is -0.597. The number of hydrogen-bond acceptors (Lipinski definition) is 7. The Kier molecular flexibility index (Phi) is 5.07. The molecule has 1 saturated heterocycles.